The van der Waals surface area contributed by atoms with Crippen LogP contribution in [-0.4, -0.2) is 29.1 Å². The Bertz CT molecular complexity index is 1220. The van der Waals surface area contributed by atoms with Crippen LogP contribution in [0.5, 0.6) is 0 Å². The van der Waals surface area contributed by atoms with Crippen molar-refractivity contribution in [2.45, 2.75) is 13.0 Å². The summed E-state index contributed by atoms with van der Waals surface area (Å²) in [5.41, 5.74) is 4.76. The molecular formula is C21H20F4N6O2. The second-order valence-corrected chi connectivity index (χ2v) is 6.90. The van der Waals surface area contributed by atoms with E-state index < -0.39 is 40.5 Å². The van der Waals surface area contributed by atoms with Crippen molar-refractivity contribution in [3.8, 4) is 11.1 Å². The number of aromatic amines is 1. The first-order valence-corrected chi connectivity index (χ1v) is 9.81. The molecule has 3 rings (SSSR count). The third-order valence-electron chi connectivity index (χ3n) is 4.55. The zero-order chi connectivity index (χ0) is 24.0. The van der Waals surface area contributed by atoms with E-state index in [1.807, 2.05) is 5.32 Å². The number of urea groups is 1. The van der Waals surface area contributed by atoms with Crippen molar-refractivity contribution in [3.63, 3.8) is 0 Å². The van der Waals surface area contributed by atoms with Crippen molar-refractivity contribution in [3.05, 3.63) is 75.7 Å². The molecular weight excluding hydrogens is 444 g/mol. The second kappa shape index (κ2) is 10.7. The zero-order valence-electron chi connectivity index (χ0n) is 17.1. The number of carbonyl (C=O) groups excluding carboxylic acids is 1. The smallest absolute Gasteiger partial charge is 0.326 e. The molecule has 0 saturated carbocycles. The number of amides is 2. The predicted molar refractivity (Wildman–Crippen MR) is 115 cm³/mol. The van der Waals surface area contributed by atoms with Crippen molar-refractivity contribution < 1.29 is 22.4 Å². The lowest BCUT2D eigenvalue weighted by Gasteiger charge is -2.10. The van der Waals surface area contributed by atoms with Crippen molar-refractivity contribution in [2.75, 3.05) is 23.7 Å². The first-order chi connectivity index (χ1) is 15.8. The van der Waals surface area contributed by atoms with Crippen LogP contribution in [-0.2, 0) is 6.54 Å². The topological polar surface area (TPSA) is 125 Å². The standard InChI is InChI=1S/C21H20F4N6O2/c22-14-4-5-16(18(25)17(14)24)29-21(33)31-20-28-10-13(19(32)30-20)11-2-3-12(15(23)8-11)9-27-7-1-6-26/h2-5,8,10,27H,1,6-7,9,26H2,(H3,28,29,30,31,32,33). The first kappa shape index (κ1) is 23.9. The highest BCUT2D eigenvalue weighted by Gasteiger charge is 2.16. The van der Waals surface area contributed by atoms with Gasteiger partial charge in [-0.1, -0.05) is 12.1 Å². The van der Waals surface area contributed by atoms with Crippen LogP contribution < -0.4 is 27.2 Å². The van der Waals surface area contributed by atoms with Crippen LogP contribution in [0.4, 0.5) is 34.0 Å². The van der Waals surface area contributed by atoms with E-state index in [-0.39, 0.29) is 17.1 Å². The number of nitrogens with zero attached hydrogens (tertiary/aromatic N) is 1. The Hall–Kier alpha value is -3.77. The normalized spacial score (nSPS) is 10.8. The summed E-state index contributed by atoms with van der Waals surface area (Å²) < 4.78 is 54.3. The maximum Gasteiger partial charge on any atom is 0.326 e. The Morgan fingerprint density at radius 3 is 2.52 bits per heavy atom. The number of carbonyl (C=O) groups is 1. The maximum absolute atomic E-state index is 14.4. The fourth-order valence-electron chi connectivity index (χ4n) is 2.86. The Morgan fingerprint density at radius 1 is 1.03 bits per heavy atom. The third kappa shape index (κ3) is 5.93. The summed E-state index contributed by atoms with van der Waals surface area (Å²) in [5, 5.41) is 7.17. The van der Waals surface area contributed by atoms with Crippen LogP contribution in [0, 0.1) is 23.3 Å². The molecule has 2 amide bonds. The lowest BCUT2D eigenvalue weighted by atomic mass is 10.1. The van der Waals surface area contributed by atoms with E-state index in [1.54, 1.807) is 6.07 Å². The van der Waals surface area contributed by atoms with Gasteiger partial charge >= 0.3 is 6.03 Å². The molecule has 0 radical (unpaired) electrons. The van der Waals surface area contributed by atoms with Crippen LogP contribution >= 0.6 is 0 Å². The number of aromatic nitrogens is 2. The molecule has 1 heterocycles. The number of H-pyrrole nitrogens is 1. The molecule has 33 heavy (non-hydrogen) atoms. The van der Waals surface area contributed by atoms with Gasteiger partial charge in [-0.25, -0.2) is 22.4 Å². The van der Waals surface area contributed by atoms with Crippen molar-refractivity contribution in [1.82, 2.24) is 15.3 Å². The van der Waals surface area contributed by atoms with E-state index in [1.165, 1.54) is 18.3 Å². The summed E-state index contributed by atoms with van der Waals surface area (Å²) in [5.74, 6) is -5.55. The van der Waals surface area contributed by atoms with Crippen LogP contribution in [0.2, 0.25) is 0 Å². The molecule has 1 aromatic heterocycles. The van der Waals surface area contributed by atoms with Crippen LogP contribution in [0.3, 0.4) is 0 Å². The molecule has 0 spiro atoms. The van der Waals surface area contributed by atoms with Gasteiger partial charge in [0, 0.05) is 18.3 Å². The molecule has 6 N–H and O–H groups in total. The number of benzene rings is 2. The average Bonchev–Trinajstić information content (AvgIpc) is 2.78. The average molecular weight is 464 g/mol. The van der Waals surface area contributed by atoms with Gasteiger partial charge in [0.1, 0.15) is 5.82 Å². The fraction of sp³-hybridized carbons (Fsp3) is 0.190. The Balaban J connectivity index is 1.69. The SMILES string of the molecule is NCCCNCc1ccc(-c2c[nH]c(NC(=O)Nc3ccc(F)c(F)c3F)nc2=O)cc1F. The number of nitrogens with one attached hydrogen (secondary N) is 4. The number of hydrogen-bond acceptors (Lipinski definition) is 5. The number of rotatable bonds is 8. The van der Waals surface area contributed by atoms with Crippen LogP contribution in [0.1, 0.15) is 12.0 Å². The highest BCUT2D eigenvalue weighted by Crippen LogP contribution is 2.21. The summed E-state index contributed by atoms with van der Waals surface area (Å²) in [6.45, 7) is 1.47. The minimum absolute atomic E-state index is 0.0501. The molecule has 0 bridgehead atoms. The Kier molecular flexibility index (Phi) is 7.74. The van der Waals surface area contributed by atoms with Gasteiger partial charge in [-0.2, -0.15) is 4.98 Å². The second-order valence-electron chi connectivity index (χ2n) is 6.90. The van der Waals surface area contributed by atoms with Crippen molar-refractivity contribution in [1.29, 1.82) is 0 Å². The summed E-state index contributed by atoms with van der Waals surface area (Å²) in [6, 6.07) is 4.70. The number of hydrogen-bond donors (Lipinski definition) is 5. The summed E-state index contributed by atoms with van der Waals surface area (Å²) in [6.07, 6.45) is 1.98. The molecule has 0 atom stereocenters. The number of halogens is 4. The molecule has 3 aromatic rings. The van der Waals surface area contributed by atoms with E-state index in [2.05, 4.69) is 20.6 Å². The molecule has 174 valence electrons. The molecule has 0 aliphatic heterocycles. The minimum atomic E-state index is -1.74. The van der Waals surface area contributed by atoms with Crippen LogP contribution in [0.15, 0.2) is 41.3 Å². The summed E-state index contributed by atoms with van der Waals surface area (Å²) >= 11 is 0. The number of nitrogens with two attached hydrogens (primary N) is 1. The van der Waals surface area contributed by atoms with Crippen molar-refractivity contribution >= 4 is 17.7 Å². The van der Waals surface area contributed by atoms with Gasteiger partial charge in [0.2, 0.25) is 5.95 Å². The molecule has 0 saturated heterocycles. The molecule has 8 nitrogen and oxygen atoms in total. The van der Waals surface area contributed by atoms with Crippen molar-refractivity contribution in [2.24, 2.45) is 5.73 Å². The highest BCUT2D eigenvalue weighted by molar-refractivity contribution is 5.98. The largest absolute Gasteiger partial charge is 0.331 e. The fourth-order valence-corrected chi connectivity index (χ4v) is 2.86. The maximum atomic E-state index is 14.4. The third-order valence-corrected chi connectivity index (χ3v) is 4.55. The molecule has 0 aliphatic rings. The van der Waals surface area contributed by atoms with E-state index in [4.69, 9.17) is 5.73 Å². The molecule has 0 fully saturated rings. The molecule has 2 aromatic carbocycles. The predicted octanol–water partition coefficient (Wildman–Crippen LogP) is 3.08. The lowest BCUT2D eigenvalue weighted by Crippen LogP contribution is -2.24. The van der Waals surface area contributed by atoms with Gasteiger partial charge in [-0.05, 0) is 43.3 Å². The van der Waals surface area contributed by atoms with E-state index >= 15 is 0 Å². The van der Waals surface area contributed by atoms with Gasteiger partial charge in [-0.15, -0.1) is 0 Å². The van der Waals surface area contributed by atoms with Gasteiger partial charge in [-0.3, -0.25) is 10.1 Å². The monoisotopic (exact) mass is 464 g/mol. The van der Waals surface area contributed by atoms with E-state index in [0.717, 1.165) is 12.5 Å². The summed E-state index contributed by atoms with van der Waals surface area (Å²) in [7, 11) is 0. The first-order valence-electron chi connectivity index (χ1n) is 9.81. The summed E-state index contributed by atoms with van der Waals surface area (Å²) in [4.78, 5) is 30.5. The van der Waals surface area contributed by atoms with E-state index in [9.17, 15) is 27.2 Å². The highest BCUT2D eigenvalue weighted by atomic mass is 19.2. The van der Waals surface area contributed by atoms with Gasteiger partial charge in [0.05, 0.1) is 11.3 Å². The Labute approximate surface area is 185 Å². The molecule has 12 heteroatoms. The minimum Gasteiger partial charge on any atom is -0.331 e. The molecule has 0 unspecified atom stereocenters. The quantitative estimate of drug-likeness (QED) is 0.199. The Morgan fingerprint density at radius 2 is 1.82 bits per heavy atom. The number of anilines is 2. The van der Waals surface area contributed by atoms with Crippen LogP contribution in [0.25, 0.3) is 11.1 Å². The lowest BCUT2D eigenvalue weighted by molar-refractivity contribution is 0.262. The van der Waals surface area contributed by atoms with Gasteiger partial charge < -0.3 is 21.4 Å². The zero-order valence-corrected chi connectivity index (χ0v) is 17.1. The molecule has 0 aliphatic carbocycles. The van der Waals surface area contributed by atoms with Gasteiger partial charge in [0.25, 0.3) is 5.56 Å². The van der Waals surface area contributed by atoms with Gasteiger partial charge in [0.15, 0.2) is 17.5 Å². The van der Waals surface area contributed by atoms with E-state index in [0.29, 0.717) is 31.3 Å².